The fourth-order valence-electron chi connectivity index (χ4n) is 12.8. The van der Waals surface area contributed by atoms with Crippen LogP contribution in [-0.2, 0) is 6.18 Å². The van der Waals surface area contributed by atoms with Crippen LogP contribution in [0.4, 0.5) is 22.0 Å². The van der Waals surface area contributed by atoms with Gasteiger partial charge in [0.1, 0.15) is 11.6 Å². The Hall–Kier alpha value is -12.0. The van der Waals surface area contributed by atoms with Crippen LogP contribution in [0.25, 0.3) is 156 Å². The van der Waals surface area contributed by atoms with Crippen LogP contribution in [-0.4, -0.2) is 29.1 Å². The van der Waals surface area contributed by atoms with Gasteiger partial charge in [-0.25, -0.2) is 8.78 Å². The number of pyridine rings is 4. The zero-order valence-corrected chi connectivity index (χ0v) is 48.9. The van der Waals surface area contributed by atoms with Gasteiger partial charge >= 0.3 is 6.18 Å². The average Bonchev–Trinajstić information content (AvgIpc) is 1.53. The Morgan fingerprint density at radius 3 is 0.772 bits per heavy atom. The van der Waals surface area contributed by atoms with E-state index in [9.17, 15) is 0 Å². The highest BCUT2D eigenvalue weighted by atomic mass is 19.4. The van der Waals surface area contributed by atoms with E-state index in [1.807, 2.05) is 267 Å². The highest BCUT2D eigenvalue weighted by Crippen LogP contribution is 2.48. The molecule has 0 bridgehead atoms. The zero-order chi connectivity index (χ0) is 62.0. The smallest absolute Gasteiger partial charge is 0.309 e. The summed E-state index contributed by atoms with van der Waals surface area (Å²) in [4.78, 5) is 19.4. The summed E-state index contributed by atoms with van der Waals surface area (Å²) in [7, 11) is 0. The van der Waals surface area contributed by atoms with Crippen molar-refractivity contribution in [3.8, 4) is 112 Å². The maximum atomic E-state index is 16.3. The molecule has 11 heteroatoms. The molecular weight excluding hydrogens is 1150 g/mol. The van der Waals surface area contributed by atoms with E-state index in [4.69, 9.17) is 19.9 Å². The molecule has 0 aliphatic carbocycles. The summed E-state index contributed by atoms with van der Waals surface area (Å²) in [5.41, 5.74) is 15.1. The van der Waals surface area contributed by atoms with Gasteiger partial charge in [0.05, 0.1) is 61.8 Å². The van der Waals surface area contributed by atoms with Crippen molar-refractivity contribution in [3.63, 3.8) is 0 Å². The summed E-state index contributed by atoms with van der Waals surface area (Å²) in [6, 6.07) is 84.2. The monoisotopic (exact) mass is 1200 g/mol. The summed E-state index contributed by atoms with van der Waals surface area (Å²) < 4.78 is 84.9. The molecule has 0 unspecified atom stereocenters. The second kappa shape index (κ2) is 22.6. The first-order valence-corrected chi connectivity index (χ1v) is 30.0. The highest BCUT2D eigenvalue weighted by Gasteiger charge is 2.35. The molecule has 0 N–H and O–H groups in total. The SMILES string of the molecule is Fc1cc(F)cc(-c2c(-n3c4ccc(-c5ccc(-c6ccccc6)nc5)cc4c4cc(-c5ccc(-c6ccccc6)nc5)ccc43)cc(C(F)(F)F)cc2-n2c3ccc(-c4ccc(-c5ccccc5)nc4)cc3c3cc(-c4ccc(-c5ccccc5)nc4)ccc32)c1. The van der Waals surface area contributed by atoms with Crippen molar-refractivity contribution in [1.29, 1.82) is 0 Å². The van der Waals surface area contributed by atoms with Gasteiger partial charge in [-0.05, 0) is 125 Å². The third-order valence-electron chi connectivity index (χ3n) is 17.3. The van der Waals surface area contributed by atoms with E-state index in [0.29, 0.717) is 43.6 Å². The summed E-state index contributed by atoms with van der Waals surface area (Å²) in [6.07, 6.45) is 2.36. The number of fused-ring (bicyclic) bond motifs is 6. The molecule has 6 aromatic heterocycles. The first-order valence-electron chi connectivity index (χ1n) is 30.0. The van der Waals surface area contributed by atoms with E-state index in [2.05, 4.69) is 0 Å². The van der Waals surface area contributed by atoms with Gasteiger partial charge in [0.15, 0.2) is 0 Å². The van der Waals surface area contributed by atoms with Gasteiger partial charge < -0.3 is 9.13 Å². The molecule has 0 saturated carbocycles. The maximum absolute atomic E-state index is 16.3. The van der Waals surface area contributed by atoms with E-state index >= 15 is 22.0 Å². The largest absolute Gasteiger partial charge is 0.416 e. The lowest BCUT2D eigenvalue weighted by molar-refractivity contribution is -0.137. The Morgan fingerprint density at radius 1 is 0.250 bits per heavy atom. The molecule has 16 rings (SSSR count). The molecule has 6 nitrogen and oxygen atoms in total. The fourth-order valence-corrected chi connectivity index (χ4v) is 12.8. The van der Waals surface area contributed by atoms with Gasteiger partial charge in [0, 0.05) is 102 Å². The fraction of sp³-hybridized carbons (Fsp3) is 0.0123. The Morgan fingerprint density at radius 2 is 0.522 bits per heavy atom. The Balaban J connectivity index is 0.947. The normalized spacial score (nSPS) is 11.8. The number of halogens is 5. The third kappa shape index (κ3) is 10.1. The topological polar surface area (TPSA) is 61.4 Å². The van der Waals surface area contributed by atoms with Gasteiger partial charge in [-0.3, -0.25) is 19.9 Å². The number of benzene rings is 10. The molecule has 0 amide bonds. The summed E-state index contributed by atoms with van der Waals surface area (Å²) in [6.45, 7) is 0. The van der Waals surface area contributed by atoms with Crippen molar-refractivity contribution in [2.75, 3.05) is 0 Å². The first-order chi connectivity index (χ1) is 45.0. The lowest BCUT2D eigenvalue weighted by Gasteiger charge is -2.23. The number of alkyl halides is 3. The minimum absolute atomic E-state index is 0.0241. The molecule has 6 heterocycles. The number of aromatic nitrogens is 6. The first kappa shape index (κ1) is 55.4. The molecule has 92 heavy (non-hydrogen) atoms. The molecule has 10 aromatic carbocycles. The molecule has 16 aromatic rings. The van der Waals surface area contributed by atoms with Crippen LogP contribution >= 0.6 is 0 Å². The van der Waals surface area contributed by atoms with Gasteiger partial charge in [-0.2, -0.15) is 13.2 Å². The summed E-state index contributed by atoms with van der Waals surface area (Å²) in [5, 5.41) is 2.85. The van der Waals surface area contributed by atoms with Crippen LogP contribution < -0.4 is 0 Å². The minimum atomic E-state index is -4.91. The molecule has 0 saturated heterocycles. The van der Waals surface area contributed by atoms with Crippen LogP contribution in [0, 0.1) is 11.6 Å². The van der Waals surface area contributed by atoms with Gasteiger partial charge in [0.2, 0.25) is 0 Å². The van der Waals surface area contributed by atoms with E-state index in [-0.39, 0.29) is 22.5 Å². The molecular formula is C81H49F5N6. The Kier molecular flexibility index (Phi) is 13.6. The van der Waals surface area contributed by atoms with Crippen molar-refractivity contribution in [3.05, 3.63) is 315 Å². The van der Waals surface area contributed by atoms with E-state index in [0.717, 1.165) is 108 Å². The molecule has 438 valence electrons. The van der Waals surface area contributed by atoms with Crippen molar-refractivity contribution in [2.24, 2.45) is 0 Å². The lowest BCUT2D eigenvalue weighted by atomic mass is 9.97. The molecule has 0 spiro atoms. The Labute approximate surface area is 525 Å². The Bertz CT molecular complexity index is 4850. The van der Waals surface area contributed by atoms with Crippen LogP contribution in [0.2, 0.25) is 0 Å². The average molecular weight is 1200 g/mol. The van der Waals surface area contributed by atoms with E-state index in [1.54, 1.807) is 9.13 Å². The predicted molar refractivity (Wildman–Crippen MR) is 360 cm³/mol. The number of hydrogen-bond acceptors (Lipinski definition) is 4. The van der Waals surface area contributed by atoms with Crippen LogP contribution in [0.1, 0.15) is 5.56 Å². The van der Waals surface area contributed by atoms with E-state index in [1.165, 1.54) is 12.1 Å². The second-order valence-electron chi connectivity index (χ2n) is 22.8. The predicted octanol–water partition coefficient (Wildman–Crippen LogP) is 21.8. The molecule has 0 fully saturated rings. The number of rotatable bonds is 11. The van der Waals surface area contributed by atoms with Crippen molar-refractivity contribution in [2.45, 2.75) is 6.18 Å². The van der Waals surface area contributed by atoms with Crippen LogP contribution in [0.5, 0.6) is 0 Å². The summed E-state index contributed by atoms with van der Waals surface area (Å²) >= 11 is 0. The minimum Gasteiger partial charge on any atom is -0.309 e. The molecule has 0 aliphatic heterocycles. The van der Waals surface area contributed by atoms with Crippen molar-refractivity contribution in [1.82, 2.24) is 29.1 Å². The lowest BCUT2D eigenvalue weighted by Crippen LogP contribution is -2.11. The number of nitrogens with zero attached hydrogens (tertiary/aromatic N) is 6. The number of hydrogen-bond donors (Lipinski definition) is 0. The second-order valence-corrected chi connectivity index (χ2v) is 22.8. The molecule has 0 aliphatic rings. The molecule has 0 atom stereocenters. The van der Waals surface area contributed by atoms with E-state index < -0.39 is 23.4 Å². The molecule has 0 radical (unpaired) electrons. The standard InChI is InChI=1S/C81H49F5N6/c82-64-37-62(38-65(83)45-64)80-78(91-74-33-25-54(58-21-29-70(87-46-58)50-13-5-1-6-14-50)39-66(74)67-40-55(26-34-75(67)91)59-22-30-71(88-47-59)51-15-7-2-8-16-51)43-63(81(84,85)86)44-79(80)92-76-35-27-56(60-23-31-72(89-48-60)52-17-9-3-10-18-52)41-68(76)69-42-57(28-36-77(69)92)61-24-32-73(90-49-61)53-19-11-4-12-20-53/h1-49H. The zero-order valence-electron chi connectivity index (χ0n) is 48.9. The van der Waals surface area contributed by atoms with Gasteiger partial charge in [-0.1, -0.05) is 170 Å². The van der Waals surface area contributed by atoms with Crippen LogP contribution in [0.15, 0.2) is 298 Å². The van der Waals surface area contributed by atoms with Crippen molar-refractivity contribution < 1.29 is 22.0 Å². The third-order valence-corrected chi connectivity index (χ3v) is 17.3. The highest BCUT2D eigenvalue weighted by molar-refractivity contribution is 6.14. The van der Waals surface area contributed by atoms with Gasteiger partial charge in [0.25, 0.3) is 0 Å². The quantitative estimate of drug-likeness (QED) is 0.121. The maximum Gasteiger partial charge on any atom is 0.416 e. The van der Waals surface area contributed by atoms with Crippen LogP contribution in [0.3, 0.4) is 0 Å². The van der Waals surface area contributed by atoms with Gasteiger partial charge in [-0.15, -0.1) is 0 Å². The van der Waals surface area contributed by atoms with Crippen molar-refractivity contribution >= 4 is 43.6 Å². The summed E-state index contributed by atoms with van der Waals surface area (Å²) in [5.74, 6) is -1.80.